The highest BCUT2D eigenvalue weighted by Gasteiger charge is 2.49. The van der Waals surface area contributed by atoms with Crippen LogP contribution in [0.15, 0.2) is 36.4 Å². The largest absolute Gasteiger partial charge is 0.497 e. The molecule has 124 valence electrons. The van der Waals surface area contributed by atoms with Crippen LogP contribution in [-0.4, -0.2) is 36.4 Å². The highest BCUT2D eigenvalue weighted by Crippen LogP contribution is 2.31. The van der Waals surface area contributed by atoms with Gasteiger partial charge in [-0.25, -0.2) is 4.79 Å². The lowest BCUT2D eigenvalue weighted by atomic mass is 9.90. The second kappa shape index (κ2) is 5.52. The number of hydrogen-bond donors (Lipinski definition) is 2. The van der Waals surface area contributed by atoms with Crippen LogP contribution in [0.4, 0.5) is 4.79 Å². The summed E-state index contributed by atoms with van der Waals surface area (Å²) < 4.78 is 5.19. The average Bonchev–Trinajstić information content (AvgIpc) is 2.77. The standard InChI is InChI=1S/C17H17N3O4/c1-17(15(22)20(9-14(18)21)16(23)19-17)12-5-3-11-8-13(24-2)6-4-10(11)7-12/h3-8H,9H2,1-2H3,(H2,18,21)(H,19,23)/t17-/m0/s1. The molecule has 0 bridgehead atoms. The number of carbonyl (C=O) groups excluding carboxylic acids is 3. The Balaban J connectivity index is 2.01. The second-order valence-electron chi connectivity index (χ2n) is 5.84. The summed E-state index contributed by atoms with van der Waals surface area (Å²) in [6, 6.07) is 10.4. The van der Waals surface area contributed by atoms with Gasteiger partial charge in [0.1, 0.15) is 17.8 Å². The van der Waals surface area contributed by atoms with Crippen molar-refractivity contribution in [3.63, 3.8) is 0 Å². The smallest absolute Gasteiger partial charge is 0.325 e. The zero-order chi connectivity index (χ0) is 17.5. The summed E-state index contributed by atoms with van der Waals surface area (Å²) >= 11 is 0. The summed E-state index contributed by atoms with van der Waals surface area (Å²) in [5.41, 5.74) is 4.50. The van der Waals surface area contributed by atoms with Gasteiger partial charge in [0.05, 0.1) is 7.11 Å². The van der Waals surface area contributed by atoms with Crippen molar-refractivity contribution in [1.29, 1.82) is 0 Å². The fourth-order valence-corrected chi connectivity index (χ4v) is 2.85. The van der Waals surface area contributed by atoms with E-state index in [0.29, 0.717) is 5.56 Å². The molecule has 1 heterocycles. The molecular weight excluding hydrogens is 310 g/mol. The Hall–Kier alpha value is -3.09. The van der Waals surface area contributed by atoms with E-state index in [1.807, 2.05) is 30.3 Å². The van der Waals surface area contributed by atoms with E-state index in [1.54, 1.807) is 20.1 Å². The Morgan fingerprint density at radius 2 is 1.88 bits per heavy atom. The molecule has 3 N–H and O–H groups in total. The molecule has 2 aromatic rings. The fourth-order valence-electron chi connectivity index (χ4n) is 2.85. The van der Waals surface area contributed by atoms with Crippen molar-refractivity contribution < 1.29 is 19.1 Å². The highest BCUT2D eigenvalue weighted by molar-refractivity contribution is 6.09. The van der Waals surface area contributed by atoms with Gasteiger partial charge in [-0.2, -0.15) is 0 Å². The molecule has 3 rings (SSSR count). The van der Waals surface area contributed by atoms with E-state index >= 15 is 0 Å². The van der Waals surface area contributed by atoms with Gasteiger partial charge in [0.2, 0.25) is 5.91 Å². The number of fused-ring (bicyclic) bond motifs is 1. The number of urea groups is 1. The van der Waals surface area contributed by atoms with Gasteiger partial charge in [0.25, 0.3) is 5.91 Å². The predicted molar refractivity (Wildman–Crippen MR) is 87.3 cm³/mol. The average molecular weight is 327 g/mol. The van der Waals surface area contributed by atoms with Gasteiger partial charge >= 0.3 is 6.03 Å². The molecule has 2 aromatic carbocycles. The maximum Gasteiger partial charge on any atom is 0.325 e. The molecule has 0 aromatic heterocycles. The molecule has 7 nitrogen and oxygen atoms in total. The first-order valence-electron chi connectivity index (χ1n) is 7.36. The van der Waals surface area contributed by atoms with Crippen molar-refractivity contribution in [3.05, 3.63) is 42.0 Å². The summed E-state index contributed by atoms with van der Waals surface area (Å²) in [6.45, 7) is 1.17. The number of primary amides is 1. The summed E-state index contributed by atoms with van der Waals surface area (Å²) in [7, 11) is 1.59. The van der Waals surface area contributed by atoms with Gasteiger partial charge in [-0.1, -0.05) is 18.2 Å². The van der Waals surface area contributed by atoms with Gasteiger partial charge in [-0.15, -0.1) is 0 Å². The summed E-state index contributed by atoms with van der Waals surface area (Å²) in [5.74, 6) is -0.508. The van der Waals surface area contributed by atoms with Gasteiger partial charge in [-0.05, 0) is 41.5 Å². The zero-order valence-electron chi connectivity index (χ0n) is 13.3. The number of nitrogens with two attached hydrogens (primary N) is 1. The molecule has 1 aliphatic rings. The number of benzene rings is 2. The van der Waals surface area contributed by atoms with Crippen molar-refractivity contribution in [3.8, 4) is 5.75 Å². The first-order chi connectivity index (χ1) is 11.3. The first-order valence-corrected chi connectivity index (χ1v) is 7.36. The Labute approximate surface area is 138 Å². The van der Waals surface area contributed by atoms with Crippen molar-refractivity contribution in [2.45, 2.75) is 12.5 Å². The summed E-state index contributed by atoms with van der Waals surface area (Å²) in [5, 5.41) is 4.50. The minimum atomic E-state index is -1.24. The molecule has 0 aliphatic carbocycles. The Bertz CT molecular complexity index is 864. The lowest BCUT2D eigenvalue weighted by molar-refractivity contribution is -0.134. The summed E-state index contributed by atoms with van der Waals surface area (Å²) in [6.07, 6.45) is 0. The third-order valence-electron chi connectivity index (χ3n) is 4.21. The fraction of sp³-hybridized carbons (Fsp3) is 0.235. The molecular formula is C17H17N3O4. The van der Waals surface area contributed by atoms with Gasteiger partial charge in [-0.3, -0.25) is 14.5 Å². The number of rotatable bonds is 4. The quantitative estimate of drug-likeness (QED) is 0.821. The summed E-state index contributed by atoms with van der Waals surface area (Å²) in [4.78, 5) is 36.6. The van der Waals surface area contributed by atoms with Gasteiger partial charge in [0, 0.05) is 0 Å². The molecule has 1 atom stereocenters. The van der Waals surface area contributed by atoms with Crippen LogP contribution in [0.25, 0.3) is 10.8 Å². The molecule has 1 saturated heterocycles. The molecule has 0 radical (unpaired) electrons. The van der Waals surface area contributed by atoms with Crippen molar-refractivity contribution >= 4 is 28.6 Å². The van der Waals surface area contributed by atoms with Crippen LogP contribution in [0.3, 0.4) is 0 Å². The molecule has 1 aliphatic heterocycles. The van der Waals surface area contributed by atoms with Crippen LogP contribution in [-0.2, 0) is 15.1 Å². The highest BCUT2D eigenvalue weighted by atomic mass is 16.5. The third kappa shape index (κ3) is 2.44. The number of nitrogens with one attached hydrogen (secondary N) is 1. The predicted octanol–water partition coefficient (Wildman–Crippen LogP) is 1.10. The van der Waals surface area contributed by atoms with Crippen LogP contribution in [0.5, 0.6) is 5.75 Å². The SMILES string of the molecule is COc1ccc2cc([C@]3(C)NC(=O)N(CC(N)=O)C3=O)ccc2c1. The molecule has 4 amide bonds. The maximum atomic E-state index is 12.6. The molecule has 24 heavy (non-hydrogen) atoms. The zero-order valence-corrected chi connectivity index (χ0v) is 13.3. The number of carbonyl (C=O) groups is 3. The van der Waals surface area contributed by atoms with Crippen LogP contribution >= 0.6 is 0 Å². The number of ether oxygens (including phenoxy) is 1. The Kier molecular flexibility index (Phi) is 3.63. The molecule has 1 fully saturated rings. The number of imide groups is 1. The van der Waals surface area contributed by atoms with Gasteiger partial charge < -0.3 is 15.8 Å². The van der Waals surface area contributed by atoms with Crippen molar-refractivity contribution in [2.75, 3.05) is 13.7 Å². The third-order valence-corrected chi connectivity index (χ3v) is 4.21. The van der Waals surface area contributed by atoms with E-state index < -0.39 is 29.9 Å². The number of nitrogens with zero attached hydrogens (tertiary/aromatic N) is 1. The van der Waals surface area contributed by atoms with E-state index in [1.165, 1.54) is 0 Å². The van der Waals surface area contributed by atoms with Crippen LogP contribution in [0.1, 0.15) is 12.5 Å². The molecule has 0 spiro atoms. The van der Waals surface area contributed by atoms with E-state index in [4.69, 9.17) is 10.5 Å². The Morgan fingerprint density at radius 3 is 2.54 bits per heavy atom. The van der Waals surface area contributed by atoms with Crippen molar-refractivity contribution in [2.24, 2.45) is 5.73 Å². The topological polar surface area (TPSA) is 102 Å². The van der Waals surface area contributed by atoms with Crippen LogP contribution in [0.2, 0.25) is 0 Å². The molecule has 0 unspecified atom stereocenters. The second-order valence-corrected chi connectivity index (χ2v) is 5.84. The van der Waals surface area contributed by atoms with E-state index in [0.717, 1.165) is 21.4 Å². The number of amides is 4. The minimum absolute atomic E-state index is 0.439. The van der Waals surface area contributed by atoms with Crippen LogP contribution in [0, 0.1) is 0 Å². The Morgan fingerprint density at radius 1 is 1.21 bits per heavy atom. The van der Waals surface area contributed by atoms with Gasteiger partial charge in [0.15, 0.2) is 0 Å². The number of methoxy groups -OCH3 is 1. The minimum Gasteiger partial charge on any atom is -0.497 e. The van der Waals surface area contributed by atoms with E-state index in [-0.39, 0.29) is 0 Å². The van der Waals surface area contributed by atoms with E-state index in [2.05, 4.69) is 5.32 Å². The lowest BCUT2D eigenvalue weighted by Gasteiger charge is -2.22. The number of hydrogen-bond acceptors (Lipinski definition) is 4. The maximum absolute atomic E-state index is 12.6. The lowest BCUT2D eigenvalue weighted by Crippen LogP contribution is -2.42. The molecule has 0 saturated carbocycles. The normalized spacial score (nSPS) is 20.3. The first kappa shape index (κ1) is 15.8. The van der Waals surface area contributed by atoms with E-state index in [9.17, 15) is 14.4 Å². The van der Waals surface area contributed by atoms with Crippen LogP contribution < -0.4 is 15.8 Å². The monoisotopic (exact) mass is 327 g/mol. The van der Waals surface area contributed by atoms with Crippen molar-refractivity contribution in [1.82, 2.24) is 10.2 Å². The molecule has 7 heteroatoms.